The lowest BCUT2D eigenvalue weighted by Gasteiger charge is -2.18. The van der Waals surface area contributed by atoms with E-state index < -0.39 is 5.60 Å². The molecule has 0 fully saturated rings. The predicted octanol–water partition coefficient (Wildman–Crippen LogP) is 2.49. The van der Waals surface area contributed by atoms with E-state index in [9.17, 15) is 4.79 Å². The van der Waals surface area contributed by atoms with Gasteiger partial charge in [-0.1, -0.05) is 13.8 Å². The van der Waals surface area contributed by atoms with Crippen LogP contribution in [0.4, 0.5) is 0 Å². The zero-order valence-electron chi connectivity index (χ0n) is 10.7. The largest absolute Gasteiger partial charge is 0.455 e. The van der Waals surface area contributed by atoms with E-state index in [0.29, 0.717) is 11.6 Å². The van der Waals surface area contributed by atoms with E-state index in [2.05, 4.69) is 18.8 Å². The molecule has 0 aliphatic rings. The van der Waals surface area contributed by atoms with Crippen molar-refractivity contribution < 1.29 is 9.53 Å². The van der Waals surface area contributed by atoms with E-state index in [4.69, 9.17) is 4.74 Å². The van der Waals surface area contributed by atoms with Crippen LogP contribution in [-0.2, 0) is 11.3 Å². The van der Waals surface area contributed by atoms with E-state index >= 15 is 0 Å². The first-order valence-corrected chi connectivity index (χ1v) is 5.53. The first-order valence-electron chi connectivity index (χ1n) is 5.53. The smallest absolute Gasteiger partial charge is 0.359 e. The Kier molecular flexibility index (Phi) is 3.73. The molecule has 0 unspecified atom stereocenters. The highest BCUT2D eigenvalue weighted by Crippen LogP contribution is 2.11. The van der Waals surface area contributed by atoms with Crippen molar-refractivity contribution in [2.24, 2.45) is 5.92 Å². The number of carbonyl (C=O) groups excluding carboxylic acids is 1. The quantitative estimate of drug-likeness (QED) is 0.741. The van der Waals surface area contributed by atoms with Gasteiger partial charge in [-0.25, -0.2) is 9.78 Å². The zero-order chi connectivity index (χ0) is 12.3. The average molecular weight is 224 g/mol. The summed E-state index contributed by atoms with van der Waals surface area (Å²) in [6.07, 6.45) is 3.40. The van der Waals surface area contributed by atoms with Crippen molar-refractivity contribution in [1.82, 2.24) is 9.55 Å². The lowest BCUT2D eigenvalue weighted by atomic mass is 10.2. The third kappa shape index (κ3) is 4.04. The summed E-state index contributed by atoms with van der Waals surface area (Å²) in [6, 6.07) is 0. The van der Waals surface area contributed by atoms with Crippen molar-refractivity contribution in [3.05, 3.63) is 18.2 Å². The Bertz CT molecular complexity index is 361. The monoisotopic (exact) mass is 224 g/mol. The molecule has 4 heteroatoms. The number of carbonyl (C=O) groups is 1. The van der Waals surface area contributed by atoms with Gasteiger partial charge in [0.1, 0.15) is 5.60 Å². The number of imidazole rings is 1. The normalized spacial score (nSPS) is 11.9. The van der Waals surface area contributed by atoms with Gasteiger partial charge in [0, 0.05) is 12.7 Å². The van der Waals surface area contributed by atoms with E-state index in [1.807, 2.05) is 25.3 Å². The van der Waals surface area contributed by atoms with Crippen LogP contribution >= 0.6 is 0 Å². The maximum atomic E-state index is 11.7. The number of esters is 1. The van der Waals surface area contributed by atoms with Gasteiger partial charge in [-0.3, -0.25) is 0 Å². The van der Waals surface area contributed by atoms with Crippen LogP contribution in [-0.4, -0.2) is 21.1 Å². The summed E-state index contributed by atoms with van der Waals surface area (Å²) in [4.78, 5) is 15.7. The molecule has 0 amide bonds. The van der Waals surface area contributed by atoms with Gasteiger partial charge in [0.25, 0.3) is 0 Å². The molecule has 1 aromatic rings. The molecule has 1 heterocycles. The van der Waals surface area contributed by atoms with Crippen LogP contribution in [0.25, 0.3) is 0 Å². The third-order valence-electron chi connectivity index (χ3n) is 1.82. The number of hydrogen-bond donors (Lipinski definition) is 0. The van der Waals surface area contributed by atoms with Crippen LogP contribution in [0.3, 0.4) is 0 Å². The number of aromatic nitrogens is 2. The standard InChI is InChI=1S/C12H20N2O2/c1-9(2)6-14-7-10(13-8-14)11(15)16-12(3,4)5/h7-9H,6H2,1-5H3. The summed E-state index contributed by atoms with van der Waals surface area (Å²) in [5, 5.41) is 0. The predicted molar refractivity (Wildman–Crippen MR) is 62.2 cm³/mol. The van der Waals surface area contributed by atoms with Crippen LogP contribution in [0.1, 0.15) is 45.1 Å². The summed E-state index contributed by atoms with van der Waals surface area (Å²) in [5.41, 5.74) is -0.102. The Morgan fingerprint density at radius 2 is 2.12 bits per heavy atom. The molecule has 90 valence electrons. The first-order chi connectivity index (χ1) is 7.28. The highest BCUT2D eigenvalue weighted by molar-refractivity contribution is 5.87. The Hall–Kier alpha value is -1.32. The summed E-state index contributed by atoms with van der Waals surface area (Å²) < 4.78 is 7.13. The lowest BCUT2D eigenvalue weighted by Crippen LogP contribution is -2.24. The van der Waals surface area contributed by atoms with E-state index in [0.717, 1.165) is 6.54 Å². The zero-order valence-corrected chi connectivity index (χ0v) is 10.7. The van der Waals surface area contributed by atoms with Crippen LogP contribution in [0.15, 0.2) is 12.5 Å². The van der Waals surface area contributed by atoms with Crippen molar-refractivity contribution in [3.8, 4) is 0 Å². The van der Waals surface area contributed by atoms with Gasteiger partial charge in [-0.2, -0.15) is 0 Å². The molecule has 4 nitrogen and oxygen atoms in total. The lowest BCUT2D eigenvalue weighted by molar-refractivity contribution is 0.00633. The molecule has 0 spiro atoms. The fourth-order valence-corrected chi connectivity index (χ4v) is 1.32. The Balaban J connectivity index is 2.67. The average Bonchev–Trinajstić information content (AvgIpc) is 2.48. The molecule has 0 saturated heterocycles. The molecule has 0 aliphatic carbocycles. The first kappa shape index (κ1) is 12.7. The van der Waals surface area contributed by atoms with Crippen LogP contribution in [0, 0.1) is 5.92 Å². The van der Waals surface area contributed by atoms with Gasteiger partial charge < -0.3 is 9.30 Å². The number of ether oxygens (including phenoxy) is 1. The molecular formula is C12H20N2O2. The molecule has 0 aromatic carbocycles. The Morgan fingerprint density at radius 1 is 1.50 bits per heavy atom. The second-order valence-corrected chi connectivity index (χ2v) is 5.35. The fraction of sp³-hybridized carbons (Fsp3) is 0.667. The highest BCUT2D eigenvalue weighted by Gasteiger charge is 2.19. The number of hydrogen-bond acceptors (Lipinski definition) is 3. The highest BCUT2D eigenvalue weighted by atomic mass is 16.6. The van der Waals surface area contributed by atoms with Gasteiger partial charge in [0.05, 0.1) is 6.33 Å². The van der Waals surface area contributed by atoms with Gasteiger partial charge >= 0.3 is 5.97 Å². The van der Waals surface area contributed by atoms with Crippen molar-refractivity contribution in [2.75, 3.05) is 0 Å². The van der Waals surface area contributed by atoms with Gasteiger partial charge in [-0.15, -0.1) is 0 Å². The van der Waals surface area contributed by atoms with Gasteiger partial charge in [0.2, 0.25) is 0 Å². The molecule has 0 radical (unpaired) electrons. The van der Waals surface area contributed by atoms with Crippen molar-refractivity contribution in [1.29, 1.82) is 0 Å². The molecule has 1 rings (SSSR count). The van der Waals surface area contributed by atoms with E-state index in [-0.39, 0.29) is 5.97 Å². The summed E-state index contributed by atoms with van der Waals surface area (Å²) in [6.45, 7) is 10.6. The molecule has 0 aliphatic heterocycles. The molecule has 0 N–H and O–H groups in total. The second kappa shape index (κ2) is 4.68. The van der Waals surface area contributed by atoms with E-state index in [1.54, 1.807) is 12.5 Å². The maximum Gasteiger partial charge on any atom is 0.359 e. The summed E-state index contributed by atoms with van der Waals surface area (Å²) in [7, 11) is 0. The number of nitrogens with zero attached hydrogens (tertiary/aromatic N) is 2. The number of rotatable bonds is 3. The second-order valence-electron chi connectivity index (χ2n) is 5.35. The van der Waals surface area contributed by atoms with E-state index in [1.165, 1.54) is 0 Å². The van der Waals surface area contributed by atoms with Gasteiger partial charge in [0.15, 0.2) is 5.69 Å². The molecule has 0 bridgehead atoms. The Labute approximate surface area is 96.6 Å². The molecule has 0 saturated carbocycles. The third-order valence-corrected chi connectivity index (χ3v) is 1.82. The van der Waals surface area contributed by atoms with Crippen molar-refractivity contribution >= 4 is 5.97 Å². The van der Waals surface area contributed by atoms with Crippen molar-refractivity contribution in [2.45, 2.75) is 46.8 Å². The topological polar surface area (TPSA) is 44.1 Å². The van der Waals surface area contributed by atoms with Crippen LogP contribution in [0.5, 0.6) is 0 Å². The summed E-state index contributed by atoms with van der Waals surface area (Å²) in [5.74, 6) is 0.163. The maximum absolute atomic E-state index is 11.7. The minimum absolute atomic E-state index is 0.366. The minimum atomic E-state index is -0.473. The minimum Gasteiger partial charge on any atom is -0.455 e. The fourth-order valence-electron chi connectivity index (χ4n) is 1.32. The van der Waals surface area contributed by atoms with Gasteiger partial charge in [-0.05, 0) is 26.7 Å². The molecule has 0 atom stereocenters. The van der Waals surface area contributed by atoms with Crippen LogP contribution in [0.2, 0.25) is 0 Å². The molecular weight excluding hydrogens is 204 g/mol. The van der Waals surface area contributed by atoms with Crippen molar-refractivity contribution in [3.63, 3.8) is 0 Å². The molecule has 16 heavy (non-hydrogen) atoms. The molecule has 1 aromatic heterocycles. The SMILES string of the molecule is CC(C)Cn1cnc(C(=O)OC(C)(C)C)c1. The Morgan fingerprint density at radius 3 is 2.62 bits per heavy atom. The summed E-state index contributed by atoms with van der Waals surface area (Å²) >= 11 is 0. The van der Waals surface area contributed by atoms with Crippen LogP contribution < -0.4 is 0 Å².